The molecule has 4 heteroatoms. The van der Waals surface area contributed by atoms with Crippen molar-refractivity contribution in [2.24, 2.45) is 0 Å². The molecular formula is C12H16N4. The van der Waals surface area contributed by atoms with Crippen molar-refractivity contribution in [2.75, 3.05) is 32.5 Å². The molecule has 0 fully saturated rings. The summed E-state index contributed by atoms with van der Waals surface area (Å²) in [7, 11) is 4.09. The molecule has 0 aliphatic heterocycles. The van der Waals surface area contributed by atoms with E-state index in [1.165, 1.54) is 0 Å². The Morgan fingerprint density at radius 3 is 2.88 bits per heavy atom. The average Bonchev–Trinajstić information content (AvgIpc) is 2.28. The Kier molecular flexibility index (Phi) is 3.31. The molecule has 1 aromatic carbocycles. The Morgan fingerprint density at radius 1 is 1.25 bits per heavy atom. The van der Waals surface area contributed by atoms with Gasteiger partial charge in [-0.05, 0) is 20.2 Å². The second-order valence-electron chi connectivity index (χ2n) is 3.98. The van der Waals surface area contributed by atoms with Gasteiger partial charge in [-0.2, -0.15) is 0 Å². The van der Waals surface area contributed by atoms with Gasteiger partial charge in [0.25, 0.3) is 0 Å². The van der Waals surface area contributed by atoms with Gasteiger partial charge in [0, 0.05) is 24.7 Å². The fourth-order valence-electron chi connectivity index (χ4n) is 1.45. The van der Waals surface area contributed by atoms with Crippen LogP contribution in [0.1, 0.15) is 0 Å². The molecule has 4 nitrogen and oxygen atoms in total. The van der Waals surface area contributed by atoms with Crippen LogP contribution >= 0.6 is 0 Å². The third-order valence-electron chi connectivity index (χ3n) is 2.33. The number of hydrogen-bond donors (Lipinski definition) is 1. The van der Waals surface area contributed by atoms with E-state index in [9.17, 15) is 0 Å². The summed E-state index contributed by atoms with van der Waals surface area (Å²) >= 11 is 0. The normalized spacial score (nSPS) is 10.9. The summed E-state index contributed by atoms with van der Waals surface area (Å²) in [6, 6.07) is 7.98. The van der Waals surface area contributed by atoms with Gasteiger partial charge < -0.3 is 10.2 Å². The van der Waals surface area contributed by atoms with Crippen molar-refractivity contribution in [3.63, 3.8) is 0 Å². The summed E-state index contributed by atoms with van der Waals surface area (Å²) in [6.45, 7) is 1.82. The van der Waals surface area contributed by atoms with Crippen molar-refractivity contribution in [3.8, 4) is 0 Å². The molecule has 1 heterocycles. The van der Waals surface area contributed by atoms with E-state index in [2.05, 4.69) is 20.2 Å². The number of nitrogens with zero attached hydrogens (tertiary/aromatic N) is 3. The van der Waals surface area contributed by atoms with E-state index < -0.39 is 0 Å². The quantitative estimate of drug-likeness (QED) is 0.843. The third-order valence-corrected chi connectivity index (χ3v) is 2.33. The lowest BCUT2D eigenvalue weighted by atomic mass is 10.2. The highest BCUT2D eigenvalue weighted by atomic mass is 15.1. The maximum Gasteiger partial charge on any atom is 0.223 e. The van der Waals surface area contributed by atoms with Crippen LogP contribution < -0.4 is 5.32 Å². The zero-order valence-corrected chi connectivity index (χ0v) is 9.64. The molecule has 0 saturated heterocycles. The number of benzene rings is 1. The van der Waals surface area contributed by atoms with Crippen LogP contribution in [0.4, 0.5) is 5.95 Å². The van der Waals surface area contributed by atoms with Gasteiger partial charge in [0.15, 0.2) is 0 Å². The first-order chi connectivity index (χ1) is 7.75. The van der Waals surface area contributed by atoms with Crippen LogP contribution in [0.2, 0.25) is 0 Å². The molecule has 1 N–H and O–H groups in total. The Labute approximate surface area is 95.3 Å². The largest absolute Gasteiger partial charge is 0.353 e. The zero-order valence-electron chi connectivity index (χ0n) is 9.64. The number of para-hydroxylation sites is 1. The second-order valence-corrected chi connectivity index (χ2v) is 3.98. The fourth-order valence-corrected chi connectivity index (χ4v) is 1.45. The van der Waals surface area contributed by atoms with Crippen molar-refractivity contribution >= 4 is 16.9 Å². The average molecular weight is 216 g/mol. The van der Waals surface area contributed by atoms with E-state index in [-0.39, 0.29) is 0 Å². The lowest BCUT2D eigenvalue weighted by Crippen LogP contribution is -2.21. The second kappa shape index (κ2) is 4.90. The molecule has 16 heavy (non-hydrogen) atoms. The van der Waals surface area contributed by atoms with Crippen molar-refractivity contribution in [2.45, 2.75) is 0 Å². The monoisotopic (exact) mass is 216 g/mol. The highest BCUT2D eigenvalue weighted by Gasteiger charge is 1.98. The molecule has 0 aliphatic rings. The molecule has 2 rings (SSSR count). The van der Waals surface area contributed by atoms with Crippen LogP contribution in [-0.4, -0.2) is 42.1 Å². The molecule has 0 bridgehead atoms. The number of anilines is 1. The zero-order chi connectivity index (χ0) is 11.4. The highest BCUT2D eigenvalue weighted by molar-refractivity contribution is 5.78. The molecule has 0 atom stereocenters. The minimum atomic E-state index is 0.695. The van der Waals surface area contributed by atoms with Gasteiger partial charge in [-0.25, -0.2) is 9.97 Å². The number of nitrogens with one attached hydrogen (secondary N) is 1. The van der Waals surface area contributed by atoms with Gasteiger partial charge in [0.1, 0.15) is 0 Å². The molecule has 0 unspecified atom stereocenters. The van der Waals surface area contributed by atoms with Crippen LogP contribution in [-0.2, 0) is 0 Å². The topological polar surface area (TPSA) is 41.0 Å². The van der Waals surface area contributed by atoms with E-state index in [1.807, 2.05) is 44.6 Å². The predicted molar refractivity (Wildman–Crippen MR) is 66.6 cm³/mol. The molecule has 1 aromatic heterocycles. The van der Waals surface area contributed by atoms with Crippen molar-refractivity contribution in [1.29, 1.82) is 0 Å². The molecule has 0 aliphatic carbocycles. The van der Waals surface area contributed by atoms with Gasteiger partial charge in [0.2, 0.25) is 5.95 Å². The van der Waals surface area contributed by atoms with Crippen molar-refractivity contribution < 1.29 is 0 Å². The summed E-state index contributed by atoms with van der Waals surface area (Å²) in [4.78, 5) is 10.8. The standard InChI is InChI=1S/C12H16N4/c1-16(2)8-7-13-12-14-9-10-5-3-4-6-11(10)15-12/h3-6,9H,7-8H2,1-2H3,(H,13,14,15). The number of rotatable bonds is 4. The van der Waals surface area contributed by atoms with Gasteiger partial charge in [-0.15, -0.1) is 0 Å². The van der Waals surface area contributed by atoms with Crippen molar-refractivity contribution in [3.05, 3.63) is 30.5 Å². The fraction of sp³-hybridized carbons (Fsp3) is 0.333. The lowest BCUT2D eigenvalue weighted by Gasteiger charge is -2.10. The van der Waals surface area contributed by atoms with E-state index >= 15 is 0 Å². The Hall–Kier alpha value is -1.68. The molecule has 2 aromatic rings. The Morgan fingerprint density at radius 2 is 2.06 bits per heavy atom. The van der Waals surface area contributed by atoms with Gasteiger partial charge >= 0.3 is 0 Å². The number of aromatic nitrogens is 2. The highest BCUT2D eigenvalue weighted by Crippen LogP contribution is 2.11. The van der Waals surface area contributed by atoms with Crippen molar-refractivity contribution in [1.82, 2.24) is 14.9 Å². The summed E-state index contributed by atoms with van der Waals surface area (Å²) < 4.78 is 0. The van der Waals surface area contributed by atoms with Crippen LogP contribution in [0.25, 0.3) is 10.9 Å². The summed E-state index contributed by atoms with van der Waals surface area (Å²) in [5.74, 6) is 0.695. The van der Waals surface area contributed by atoms with E-state index in [4.69, 9.17) is 0 Å². The minimum Gasteiger partial charge on any atom is -0.353 e. The summed E-state index contributed by atoms with van der Waals surface area (Å²) in [5.41, 5.74) is 0.977. The van der Waals surface area contributed by atoms with Crippen LogP contribution in [0.5, 0.6) is 0 Å². The maximum absolute atomic E-state index is 4.43. The van der Waals surface area contributed by atoms with Gasteiger partial charge in [0.05, 0.1) is 5.52 Å². The molecule has 0 saturated carbocycles. The van der Waals surface area contributed by atoms with E-state index in [1.54, 1.807) is 0 Å². The van der Waals surface area contributed by atoms with Gasteiger partial charge in [-0.3, -0.25) is 0 Å². The van der Waals surface area contributed by atoms with Crippen LogP contribution in [0.3, 0.4) is 0 Å². The van der Waals surface area contributed by atoms with E-state index in [0.717, 1.165) is 24.0 Å². The molecule has 0 spiro atoms. The summed E-state index contributed by atoms with van der Waals surface area (Å²) in [5, 5.41) is 4.27. The smallest absolute Gasteiger partial charge is 0.223 e. The Bertz CT molecular complexity index is 467. The van der Waals surface area contributed by atoms with Gasteiger partial charge in [-0.1, -0.05) is 18.2 Å². The molecular weight excluding hydrogens is 200 g/mol. The van der Waals surface area contributed by atoms with Crippen LogP contribution in [0, 0.1) is 0 Å². The number of fused-ring (bicyclic) bond motifs is 1. The summed E-state index contributed by atoms with van der Waals surface area (Å²) in [6.07, 6.45) is 1.85. The lowest BCUT2D eigenvalue weighted by molar-refractivity contribution is 0.425. The Balaban J connectivity index is 2.08. The molecule has 84 valence electrons. The minimum absolute atomic E-state index is 0.695. The molecule has 0 radical (unpaired) electrons. The predicted octanol–water partition coefficient (Wildman–Crippen LogP) is 1.60. The number of likely N-dealkylation sites (N-methyl/N-ethyl adjacent to an activating group) is 1. The first-order valence-corrected chi connectivity index (χ1v) is 5.36. The molecule has 0 amide bonds. The first kappa shape index (κ1) is 10.8. The first-order valence-electron chi connectivity index (χ1n) is 5.36. The number of hydrogen-bond acceptors (Lipinski definition) is 4. The SMILES string of the molecule is CN(C)CCNc1ncc2ccccc2n1. The maximum atomic E-state index is 4.43. The van der Waals surface area contributed by atoms with Crippen LogP contribution in [0.15, 0.2) is 30.5 Å². The third kappa shape index (κ3) is 2.67. The van der Waals surface area contributed by atoms with E-state index in [0.29, 0.717) is 5.95 Å².